The van der Waals surface area contributed by atoms with Crippen molar-refractivity contribution in [2.24, 2.45) is 0 Å². The minimum atomic E-state index is -3.17. The Morgan fingerprint density at radius 1 is 1.35 bits per heavy atom. The number of hydrogen-bond donors (Lipinski definition) is 0. The summed E-state index contributed by atoms with van der Waals surface area (Å²) in [7, 11) is -3.17. The summed E-state index contributed by atoms with van der Waals surface area (Å²) in [6, 6.07) is 6.94. The van der Waals surface area contributed by atoms with E-state index in [-0.39, 0.29) is 17.9 Å². The van der Waals surface area contributed by atoms with Gasteiger partial charge in [0.2, 0.25) is 0 Å². The predicted octanol–water partition coefficient (Wildman–Crippen LogP) is 1.74. The highest BCUT2D eigenvalue weighted by molar-refractivity contribution is 7.90. The summed E-state index contributed by atoms with van der Waals surface area (Å²) in [6.45, 7) is 1.76. The van der Waals surface area contributed by atoms with E-state index >= 15 is 0 Å². The highest BCUT2D eigenvalue weighted by Crippen LogP contribution is 2.18. The molecule has 2 rings (SSSR count). The fourth-order valence-corrected chi connectivity index (χ4v) is 2.64. The van der Waals surface area contributed by atoms with E-state index in [1.165, 1.54) is 4.57 Å². The molecule has 0 aliphatic rings. The number of hydrogen-bond acceptors (Lipinski definition) is 4. The zero-order valence-corrected chi connectivity index (χ0v) is 12.8. The van der Waals surface area contributed by atoms with Gasteiger partial charge >= 0.3 is 0 Å². The van der Waals surface area contributed by atoms with Crippen LogP contribution in [0.2, 0.25) is 0 Å². The molecule has 7 heteroatoms. The predicted molar refractivity (Wildman–Crippen MR) is 80.0 cm³/mol. The molecule has 0 saturated carbocycles. The molecule has 1 aromatic heterocycles. The minimum Gasteiger partial charge on any atom is -0.294 e. The van der Waals surface area contributed by atoms with Crippen LogP contribution in [0.3, 0.4) is 0 Å². The third kappa shape index (κ3) is 3.19. The Morgan fingerprint density at radius 2 is 2.00 bits per heavy atom. The van der Waals surface area contributed by atoms with E-state index in [9.17, 15) is 13.2 Å². The van der Waals surface area contributed by atoms with Gasteiger partial charge in [0.25, 0.3) is 5.56 Å². The molecular formula is C13H15ClN2O3S. The SMILES string of the molecule is CC(Cl)c1nc2ccccc2c(=O)n1CCS(C)(=O)=O. The Bertz CT molecular complexity index is 797. The number of nitrogens with zero attached hydrogens (tertiary/aromatic N) is 2. The molecule has 1 heterocycles. The van der Waals surface area contributed by atoms with Gasteiger partial charge in [-0.2, -0.15) is 0 Å². The van der Waals surface area contributed by atoms with Crippen LogP contribution in [0.15, 0.2) is 29.1 Å². The lowest BCUT2D eigenvalue weighted by Crippen LogP contribution is -2.28. The van der Waals surface area contributed by atoms with Crippen LogP contribution in [0, 0.1) is 0 Å². The number of fused-ring (bicyclic) bond motifs is 1. The Hall–Kier alpha value is -1.40. The molecule has 0 radical (unpaired) electrons. The molecule has 108 valence electrons. The topological polar surface area (TPSA) is 69.0 Å². The van der Waals surface area contributed by atoms with Crippen LogP contribution in [0.25, 0.3) is 10.9 Å². The zero-order chi connectivity index (χ0) is 14.9. The number of para-hydroxylation sites is 1. The molecule has 0 N–H and O–H groups in total. The van der Waals surface area contributed by atoms with Crippen molar-refractivity contribution in [1.82, 2.24) is 9.55 Å². The molecule has 1 atom stereocenters. The third-order valence-electron chi connectivity index (χ3n) is 2.93. The van der Waals surface area contributed by atoms with Crippen molar-refractivity contribution in [1.29, 1.82) is 0 Å². The normalized spacial score (nSPS) is 13.6. The van der Waals surface area contributed by atoms with Crippen LogP contribution in [0.1, 0.15) is 18.1 Å². The highest BCUT2D eigenvalue weighted by atomic mass is 35.5. The average molecular weight is 315 g/mol. The second-order valence-corrected chi connectivity index (χ2v) is 7.60. The van der Waals surface area contributed by atoms with Crippen molar-refractivity contribution in [2.75, 3.05) is 12.0 Å². The van der Waals surface area contributed by atoms with Gasteiger partial charge in [0.05, 0.1) is 22.0 Å². The van der Waals surface area contributed by atoms with Crippen LogP contribution in [0.5, 0.6) is 0 Å². The van der Waals surface area contributed by atoms with Crippen LogP contribution in [-0.2, 0) is 16.4 Å². The van der Waals surface area contributed by atoms with Gasteiger partial charge in [-0.25, -0.2) is 13.4 Å². The van der Waals surface area contributed by atoms with Crippen molar-refractivity contribution in [3.63, 3.8) is 0 Å². The van der Waals surface area contributed by atoms with E-state index in [4.69, 9.17) is 11.6 Å². The van der Waals surface area contributed by atoms with Gasteiger partial charge in [0, 0.05) is 12.8 Å². The summed E-state index contributed by atoms with van der Waals surface area (Å²) in [4.78, 5) is 16.8. The average Bonchev–Trinajstić information content (AvgIpc) is 2.36. The molecule has 0 amide bonds. The standard InChI is InChI=1S/C13H15ClN2O3S/c1-9(14)12-15-11-6-4-3-5-10(11)13(17)16(12)7-8-20(2,18)19/h3-6,9H,7-8H2,1-2H3. The molecule has 1 aromatic carbocycles. The minimum absolute atomic E-state index is 0.0574. The van der Waals surface area contributed by atoms with Gasteiger partial charge in [-0.15, -0.1) is 11.6 Å². The fourth-order valence-electron chi connectivity index (χ4n) is 1.96. The Kier molecular flexibility index (Phi) is 4.15. The van der Waals surface area contributed by atoms with Gasteiger partial charge in [-0.1, -0.05) is 12.1 Å². The van der Waals surface area contributed by atoms with E-state index in [0.717, 1.165) is 6.26 Å². The van der Waals surface area contributed by atoms with Crippen LogP contribution in [0.4, 0.5) is 0 Å². The van der Waals surface area contributed by atoms with E-state index in [1.807, 2.05) is 0 Å². The van der Waals surface area contributed by atoms with Crippen molar-refractivity contribution in [3.05, 3.63) is 40.4 Å². The Morgan fingerprint density at radius 3 is 2.60 bits per heavy atom. The summed E-state index contributed by atoms with van der Waals surface area (Å²) >= 11 is 6.06. The first-order valence-electron chi connectivity index (χ1n) is 6.11. The van der Waals surface area contributed by atoms with E-state index < -0.39 is 15.2 Å². The number of rotatable bonds is 4. The maximum absolute atomic E-state index is 12.4. The third-order valence-corrected chi connectivity index (χ3v) is 4.05. The maximum atomic E-state index is 12.4. The summed E-state index contributed by atoms with van der Waals surface area (Å²) < 4.78 is 23.9. The molecule has 20 heavy (non-hydrogen) atoms. The first-order valence-corrected chi connectivity index (χ1v) is 8.60. The summed E-state index contributed by atoms with van der Waals surface area (Å²) in [5, 5.41) is -0.0195. The van der Waals surface area contributed by atoms with Crippen LogP contribution < -0.4 is 5.56 Å². The lowest BCUT2D eigenvalue weighted by Gasteiger charge is -2.14. The van der Waals surface area contributed by atoms with Crippen molar-refractivity contribution in [3.8, 4) is 0 Å². The van der Waals surface area contributed by atoms with Gasteiger partial charge in [0.15, 0.2) is 0 Å². The molecular weight excluding hydrogens is 300 g/mol. The van der Waals surface area contributed by atoms with Crippen LogP contribution >= 0.6 is 11.6 Å². The second-order valence-electron chi connectivity index (χ2n) is 4.69. The number of alkyl halides is 1. The molecule has 0 spiro atoms. The number of aromatic nitrogens is 2. The van der Waals surface area contributed by atoms with E-state index in [0.29, 0.717) is 16.7 Å². The molecule has 1 unspecified atom stereocenters. The van der Waals surface area contributed by atoms with E-state index in [1.54, 1.807) is 31.2 Å². The number of benzene rings is 1. The fraction of sp³-hybridized carbons (Fsp3) is 0.385. The monoisotopic (exact) mass is 314 g/mol. The molecule has 0 aliphatic heterocycles. The maximum Gasteiger partial charge on any atom is 0.261 e. The quantitative estimate of drug-likeness (QED) is 0.806. The first kappa shape index (κ1) is 15.0. The summed E-state index contributed by atoms with van der Waals surface area (Å²) in [5.41, 5.74) is 0.303. The van der Waals surface area contributed by atoms with Crippen molar-refractivity contribution >= 4 is 32.3 Å². The number of halogens is 1. The second kappa shape index (κ2) is 5.54. The van der Waals surface area contributed by atoms with Crippen molar-refractivity contribution in [2.45, 2.75) is 18.8 Å². The molecule has 5 nitrogen and oxygen atoms in total. The molecule has 0 bridgehead atoms. The first-order chi connectivity index (χ1) is 9.29. The zero-order valence-electron chi connectivity index (χ0n) is 11.2. The summed E-state index contributed by atoms with van der Waals surface area (Å²) in [6.07, 6.45) is 1.14. The van der Waals surface area contributed by atoms with Crippen LogP contribution in [-0.4, -0.2) is 30.0 Å². The lowest BCUT2D eigenvalue weighted by atomic mass is 10.2. The molecule has 0 saturated heterocycles. The van der Waals surface area contributed by atoms with Gasteiger partial charge < -0.3 is 0 Å². The smallest absolute Gasteiger partial charge is 0.261 e. The summed E-state index contributed by atoms with van der Waals surface area (Å²) in [5.74, 6) is 0.266. The van der Waals surface area contributed by atoms with E-state index in [2.05, 4.69) is 4.98 Å². The van der Waals surface area contributed by atoms with Gasteiger partial charge in [-0.3, -0.25) is 9.36 Å². The Balaban J connectivity index is 2.64. The molecule has 2 aromatic rings. The largest absolute Gasteiger partial charge is 0.294 e. The van der Waals surface area contributed by atoms with Gasteiger partial charge in [0.1, 0.15) is 15.7 Å². The van der Waals surface area contributed by atoms with Gasteiger partial charge in [-0.05, 0) is 19.1 Å². The number of sulfone groups is 1. The lowest BCUT2D eigenvalue weighted by molar-refractivity contribution is 0.587. The highest BCUT2D eigenvalue weighted by Gasteiger charge is 2.16. The molecule has 0 fully saturated rings. The molecule has 0 aliphatic carbocycles. The Labute approximate surface area is 122 Å². The van der Waals surface area contributed by atoms with Crippen molar-refractivity contribution < 1.29 is 8.42 Å².